The maximum Gasteiger partial charge on any atom is 0.251 e. The lowest BCUT2D eigenvalue weighted by Gasteiger charge is -2.20. The maximum absolute atomic E-state index is 12.8. The van der Waals surface area contributed by atoms with Crippen molar-refractivity contribution in [1.29, 1.82) is 0 Å². The number of fused-ring (bicyclic) bond motifs is 1. The Hall–Kier alpha value is -2.70. The molecule has 2 aromatic rings. The molecule has 0 unspecified atom stereocenters. The van der Waals surface area contributed by atoms with Gasteiger partial charge in [0.2, 0.25) is 5.91 Å². The highest BCUT2D eigenvalue weighted by atomic mass is 16.5. The van der Waals surface area contributed by atoms with Gasteiger partial charge in [-0.25, -0.2) is 0 Å². The molecule has 2 heterocycles. The summed E-state index contributed by atoms with van der Waals surface area (Å²) in [5.41, 5.74) is 4.40. The fourth-order valence-electron chi connectivity index (χ4n) is 3.97. The molecule has 2 aromatic carbocycles. The van der Waals surface area contributed by atoms with Crippen molar-refractivity contribution in [2.24, 2.45) is 0 Å². The standard InChI is InChI=1S/C22H25N3O3/c1-3-28-20-13-25(2)12-19(20)24-22(27)17-6-4-5-14(9-17)15-7-8-16-11-21(26)23-18(16)10-15/h4-10,19-20H,3,11-13H2,1-2H3,(H,23,26)(H,24,27)/t19-,20-/m0/s1. The van der Waals surface area contributed by atoms with Gasteiger partial charge in [-0.2, -0.15) is 0 Å². The van der Waals surface area contributed by atoms with Crippen molar-refractivity contribution in [3.05, 3.63) is 53.6 Å². The third-order valence-corrected chi connectivity index (χ3v) is 5.34. The van der Waals surface area contributed by atoms with E-state index in [0.717, 1.165) is 35.5 Å². The fraction of sp³-hybridized carbons (Fsp3) is 0.364. The van der Waals surface area contributed by atoms with Crippen LogP contribution in [0.25, 0.3) is 11.1 Å². The van der Waals surface area contributed by atoms with Crippen LogP contribution in [0.3, 0.4) is 0 Å². The van der Waals surface area contributed by atoms with Gasteiger partial charge in [0.25, 0.3) is 5.91 Å². The number of hydrogen-bond donors (Lipinski definition) is 2. The summed E-state index contributed by atoms with van der Waals surface area (Å²) < 4.78 is 5.78. The molecule has 1 saturated heterocycles. The first-order valence-electron chi connectivity index (χ1n) is 9.67. The first-order chi connectivity index (χ1) is 13.5. The van der Waals surface area contributed by atoms with Crippen molar-refractivity contribution < 1.29 is 14.3 Å². The number of carbonyl (C=O) groups is 2. The van der Waals surface area contributed by atoms with E-state index in [9.17, 15) is 9.59 Å². The van der Waals surface area contributed by atoms with E-state index in [-0.39, 0.29) is 24.0 Å². The predicted octanol–water partition coefficient (Wildman–Crippen LogP) is 2.30. The zero-order valence-electron chi connectivity index (χ0n) is 16.2. The average Bonchev–Trinajstić information content (AvgIpc) is 3.22. The second-order valence-electron chi connectivity index (χ2n) is 7.47. The quantitative estimate of drug-likeness (QED) is 0.836. The van der Waals surface area contributed by atoms with E-state index in [1.54, 1.807) is 0 Å². The van der Waals surface area contributed by atoms with Crippen molar-refractivity contribution in [1.82, 2.24) is 10.2 Å². The third kappa shape index (κ3) is 3.79. The Labute approximate surface area is 164 Å². The number of nitrogens with one attached hydrogen (secondary N) is 2. The van der Waals surface area contributed by atoms with Gasteiger partial charge in [0.1, 0.15) is 0 Å². The van der Waals surface area contributed by atoms with Crippen molar-refractivity contribution in [2.75, 3.05) is 32.1 Å². The Kier molecular flexibility index (Phi) is 5.15. The number of hydrogen-bond acceptors (Lipinski definition) is 4. The van der Waals surface area contributed by atoms with Crippen molar-refractivity contribution >= 4 is 17.5 Å². The largest absolute Gasteiger partial charge is 0.375 e. The molecule has 4 rings (SSSR count). The van der Waals surface area contributed by atoms with Crippen molar-refractivity contribution in [3.63, 3.8) is 0 Å². The molecule has 1 fully saturated rings. The highest BCUT2D eigenvalue weighted by Crippen LogP contribution is 2.29. The SMILES string of the molecule is CCO[C@H]1CN(C)C[C@@H]1NC(=O)c1cccc(-c2ccc3c(c2)NC(=O)C3)c1. The number of likely N-dealkylation sites (N-methyl/N-ethyl adjacent to an activating group) is 1. The highest BCUT2D eigenvalue weighted by molar-refractivity contribution is 6.00. The molecule has 0 saturated carbocycles. The van der Waals surface area contributed by atoms with Gasteiger partial charge in [-0.05, 0) is 48.9 Å². The molecule has 28 heavy (non-hydrogen) atoms. The van der Waals surface area contributed by atoms with E-state index in [1.807, 2.05) is 56.4 Å². The van der Waals surface area contributed by atoms with Crippen LogP contribution in [0.15, 0.2) is 42.5 Å². The molecule has 0 bridgehead atoms. The van der Waals surface area contributed by atoms with Gasteiger partial charge in [-0.15, -0.1) is 0 Å². The number of anilines is 1. The van der Waals surface area contributed by atoms with Crippen LogP contribution in [0, 0.1) is 0 Å². The molecule has 0 radical (unpaired) electrons. The Morgan fingerprint density at radius 3 is 2.86 bits per heavy atom. The Morgan fingerprint density at radius 2 is 2.04 bits per heavy atom. The molecule has 0 spiro atoms. The van der Waals surface area contributed by atoms with Crippen molar-refractivity contribution in [2.45, 2.75) is 25.5 Å². The lowest BCUT2D eigenvalue weighted by molar-refractivity contribution is -0.115. The van der Waals surface area contributed by atoms with Crippen LogP contribution in [0.5, 0.6) is 0 Å². The number of likely N-dealkylation sites (tertiary alicyclic amines) is 1. The lowest BCUT2D eigenvalue weighted by Crippen LogP contribution is -2.43. The van der Waals surface area contributed by atoms with Crippen LogP contribution in [-0.4, -0.2) is 55.6 Å². The second-order valence-corrected chi connectivity index (χ2v) is 7.47. The zero-order valence-corrected chi connectivity index (χ0v) is 16.2. The number of carbonyl (C=O) groups excluding carboxylic acids is 2. The number of amides is 2. The Bertz CT molecular complexity index is 912. The van der Waals surface area contributed by atoms with E-state index < -0.39 is 0 Å². The summed E-state index contributed by atoms with van der Waals surface area (Å²) in [5.74, 6) is -0.0769. The zero-order chi connectivity index (χ0) is 19.7. The summed E-state index contributed by atoms with van der Waals surface area (Å²) in [4.78, 5) is 26.6. The van der Waals surface area contributed by atoms with Crippen molar-refractivity contribution in [3.8, 4) is 11.1 Å². The summed E-state index contributed by atoms with van der Waals surface area (Å²) in [6.07, 6.45) is 0.442. The summed E-state index contributed by atoms with van der Waals surface area (Å²) in [6, 6.07) is 13.5. The average molecular weight is 379 g/mol. The van der Waals surface area contributed by atoms with E-state index in [1.165, 1.54) is 0 Å². The molecular weight excluding hydrogens is 354 g/mol. The van der Waals surface area contributed by atoms with Gasteiger partial charge in [0.15, 0.2) is 0 Å². The molecule has 146 valence electrons. The van der Waals surface area contributed by atoms with Crippen LogP contribution in [-0.2, 0) is 16.0 Å². The molecule has 2 aliphatic heterocycles. The predicted molar refractivity (Wildman–Crippen MR) is 108 cm³/mol. The topological polar surface area (TPSA) is 70.7 Å². The van der Waals surface area contributed by atoms with Gasteiger partial charge >= 0.3 is 0 Å². The minimum atomic E-state index is -0.0960. The van der Waals surface area contributed by atoms with E-state index in [0.29, 0.717) is 18.6 Å². The van der Waals surface area contributed by atoms with E-state index >= 15 is 0 Å². The molecular formula is C22H25N3O3. The minimum Gasteiger partial charge on any atom is -0.375 e. The smallest absolute Gasteiger partial charge is 0.251 e. The third-order valence-electron chi connectivity index (χ3n) is 5.34. The molecule has 2 amide bonds. The summed E-state index contributed by atoms with van der Waals surface area (Å²) in [6.45, 7) is 4.20. The van der Waals surface area contributed by atoms with E-state index in [2.05, 4.69) is 15.5 Å². The molecule has 6 nitrogen and oxygen atoms in total. The van der Waals surface area contributed by atoms with Crippen LogP contribution in [0.2, 0.25) is 0 Å². The molecule has 2 atom stereocenters. The summed E-state index contributed by atoms with van der Waals surface area (Å²) in [7, 11) is 2.03. The van der Waals surface area contributed by atoms with Gasteiger partial charge in [-0.1, -0.05) is 24.3 Å². The Morgan fingerprint density at radius 1 is 1.21 bits per heavy atom. The lowest BCUT2D eigenvalue weighted by atomic mass is 10.00. The summed E-state index contributed by atoms with van der Waals surface area (Å²) >= 11 is 0. The normalized spacial score (nSPS) is 21.4. The van der Waals surface area contributed by atoms with Crippen LogP contribution in [0.4, 0.5) is 5.69 Å². The summed E-state index contributed by atoms with van der Waals surface area (Å²) in [5, 5.41) is 6.00. The monoisotopic (exact) mass is 379 g/mol. The minimum absolute atomic E-state index is 0.0162. The first kappa shape index (κ1) is 18.7. The molecule has 0 aromatic heterocycles. The van der Waals surface area contributed by atoms with Gasteiger partial charge in [-0.3, -0.25) is 9.59 Å². The van der Waals surface area contributed by atoms with E-state index in [4.69, 9.17) is 4.74 Å². The maximum atomic E-state index is 12.8. The second kappa shape index (κ2) is 7.73. The molecule has 2 aliphatic rings. The molecule has 2 N–H and O–H groups in total. The number of nitrogens with zero attached hydrogens (tertiary/aromatic N) is 1. The van der Waals surface area contributed by atoms with Gasteiger partial charge < -0.3 is 20.3 Å². The molecule has 0 aliphatic carbocycles. The Balaban J connectivity index is 1.52. The van der Waals surface area contributed by atoms with Crippen LogP contribution < -0.4 is 10.6 Å². The van der Waals surface area contributed by atoms with Gasteiger partial charge in [0, 0.05) is 30.9 Å². The number of rotatable bonds is 5. The fourth-order valence-corrected chi connectivity index (χ4v) is 3.97. The van der Waals surface area contributed by atoms with Gasteiger partial charge in [0.05, 0.1) is 18.6 Å². The highest BCUT2D eigenvalue weighted by Gasteiger charge is 2.32. The number of benzene rings is 2. The van der Waals surface area contributed by atoms with Crippen LogP contribution in [0.1, 0.15) is 22.8 Å². The number of ether oxygens (including phenoxy) is 1. The molecule has 6 heteroatoms. The van der Waals surface area contributed by atoms with Crippen LogP contribution >= 0.6 is 0 Å². The first-order valence-corrected chi connectivity index (χ1v) is 9.67.